The molecule has 1 saturated carbocycles. The van der Waals surface area contributed by atoms with Crippen LogP contribution in [0.2, 0.25) is 0 Å². The highest BCUT2D eigenvalue weighted by atomic mass is 16.2. The predicted octanol–water partition coefficient (Wildman–Crippen LogP) is 2.81. The number of rotatable bonds is 4. The predicted molar refractivity (Wildman–Crippen MR) is 107 cm³/mol. The van der Waals surface area contributed by atoms with Gasteiger partial charge in [-0.05, 0) is 52.3 Å². The van der Waals surface area contributed by atoms with Gasteiger partial charge in [-0.2, -0.15) is 4.98 Å². The lowest BCUT2D eigenvalue weighted by Gasteiger charge is -2.29. The Morgan fingerprint density at radius 1 is 1.30 bits per heavy atom. The number of anilines is 2. The zero-order chi connectivity index (χ0) is 18.9. The number of carbonyl (C=O) groups excluding carboxylic acids is 1. The van der Waals surface area contributed by atoms with E-state index in [2.05, 4.69) is 39.1 Å². The molecule has 1 aromatic heterocycles. The molecular formula is C20H32N6O. The highest BCUT2D eigenvalue weighted by Gasteiger charge is 2.43. The van der Waals surface area contributed by atoms with Gasteiger partial charge in [-0.25, -0.2) is 9.78 Å². The summed E-state index contributed by atoms with van der Waals surface area (Å²) in [7, 11) is 2.17. The second kappa shape index (κ2) is 7.62. The zero-order valence-electron chi connectivity index (χ0n) is 16.7. The van der Waals surface area contributed by atoms with Crippen molar-refractivity contribution in [3.8, 4) is 0 Å². The van der Waals surface area contributed by atoms with Crippen LogP contribution in [0, 0.1) is 5.41 Å². The molecule has 3 aliphatic rings. The second-order valence-corrected chi connectivity index (χ2v) is 8.55. The third-order valence-electron chi connectivity index (χ3n) is 6.61. The van der Waals surface area contributed by atoms with Crippen LogP contribution in [-0.4, -0.2) is 71.6 Å². The minimum absolute atomic E-state index is 0.0671. The van der Waals surface area contributed by atoms with Crippen LogP contribution >= 0.6 is 0 Å². The van der Waals surface area contributed by atoms with Crippen molar-refractivity contribution in [1.29, 1.82) is 0 Å². The Morgan fingerprint density at radius 3 is 2.78 bits per heavy atom. The third kappa shape index (κ3) is 3.88. The van der Waals surface area contributed by atoms with E-state index in [1.807, 2.05) is 11.0 Å². The van der Waals surface area contributed by atoms with Crippen LogP contribution < -0.4 is 10.2 Å². The maximum Gasteiger partial charge on any atom is 0.324 e. The number of carbonyl (C=O) groups is 1. The van der Waals surface area contributed by atoms with Gasteiger partial charge in [0.2, 0.25) is 5.95 Å². The fourth-order valence-electron chi connectivity index (χ4n) is 5.17. The molecule has 1 aliphatic carbocycles. The summed E-state index contributed by atoms with van der Waals surface area (Å²) < 4.78 is 0. The van der Waals surface area contributed by atoms with Crippen molar-refractivity contribution < 1.29 is 4.79 Å². The Hall–Kier alpha value is -1.89. The first-order chi connectivity index (χ1) is 13.1. The summed E-state index contributed by atoms with van der Waals surface area (Å²) in [5.74, 6) is 1.34. The summed E-state index contributed by atoms with van der Waals surface area (Å²) in [6, 6.07) is 2.45. The highest BCUT2D eigenvalue weighted by molar-refractivity contribution is 5.87. The number of nitrogens with zero attached hydrogens (tertiary/aromatic N) is 5. The van der Waals surface area contributed by atoms with Crippen molar-refractivity contribution in [3.63, 3.8) is 0 Å². The molecule has 1 atom stereocenters. The maximum atomic E-state index is 12.8. The van der Waals surface area contributed by atoms with Gasteiger partial charge in [-0.15, -0.1) is 0 Å². The minimum Gasteiger partial charge on any atom is -0.354 e. The van der Waals surface area contributed by atoms with Crippen molar-refractivity contribution in [1.82, 2.24) is 19.8 Å². The van der Waals surface area contributed by atoms with Crippen molar-refractivity contribution in [3.05, 3.63) is 12.3 Å². The van der Waals surface area contributed by atoms with Crippen LogP contribution in [0.1, 0.15) is 45.4 Å². The number of hydrogen-bond acceptors (Lipinski definition) is 5. The van der Waals surface area contributed by atoms with E-state index in [-0.39, 0.29) is 11.4 Å². The number of urea groups is 1. The molecule has 0 aromatic carbocycles. The number of likely N-dealkylation sites (tertiary alicyclic amines) is 2. The lowest BCUT2D eigenvalue weighted by molar-refractivity contribution is 0.212. The summed E-state index contributed by atoms with van der Waals surface area (Å²) in [5, 5.41) is 2.94. The number of hydrogen-bond donors (Lipinski definition) is 1. The molecular weight excluding hydrogens is 340 g/mol. The van der Waals surface area contributed by atoms with Crippen LogP contribution in [0.25, 0.3) is 0 Å². The van der Waals surface area contributed by atoms with E-state index in [0.29, 0.717) is 12.0 Å². The van der Waals surface area contributed by atoms with Gasteiger partial charge in [0.1, 0.15) is 5.82 Å². The molecule has 27 heavy (non-hydrogen) atoms. The minimum atomic E-state index is -0.0671. The van der Waals surface area contributed by atoms with E-state index < -0.39 is 0 Å². The normalized spacial score (nSPS) is 26.2. The molecule has 7 heteroatoms. The van der Waals surface area contributed by atoms with Crippen LogP contribution in [0.4, 0.5) is 16.6 Å². The lowest BCUT2D eigenvalue weighted by atomic mass is 9.86. The Morgan fingerprint density at radius 2 is 2.07 bits per heavy atom. The van der Waals surface area contributed by atoms with Gasteiger partial charge in [0.15, 0.2) is 0 Å². The van der Waals surface area contributed by atoms with Crippen molar-refractivity contribution in [2.45, 2.75) is 51.5 Å². The molecule has 2 aliphatic heterocycles. The van der Waals surface area contributed by atoms with Crippen LogP contribution in [0.5, 0.6) is 0 Å². The van der Waals surface area contributed by atoms with E-state index in [4.69, 9.17) is 0 Å². The van der Waals surface area contributed by atoms with E-state index in [1.54, 1.807) is 6.20 Å². The molecule has 4 rings (SSSR count). The number of nitrogens with one attached hydrogen (secondary N) is 1. The molecule has 0 bridgehead atoms. The number of amides is 2. The van der Waals surface area contributed by atoms with Crippen LogP contribution in [0.15, 0.2) is 12.3 Å². The Balaban J connectivity index is 1.40. The summed E-state index contributed by atoms with van der Waals surface area (Å²) in [6.45, 7) is 6.98. The molecule has 148 valence electrons. The first-order valence-electron chi connectivity index (χ1n) is 10.4. The van der Waals surface area contributed by atoms with Gasteiger partial charge < -0.3 is 14.7 Å². The fourth-order valence-corrected chi connectivity index (χ4v) is 5.17. The van der Waals surface area contributed by atoms with E-state index in [0.717, 1.165) is 45.0 Å². The summed E-state index contributed by atoms with van der Waals surface area (Å²) >= 11 is 0. The molecule has 2 saturated heterocycles. The first kappa shape index (κ1) is 18.5. The fraction of sp³-hybridized carbons (Fsp3) is 0.750. The Labute approximate surface area is 162 Å². The molecule has 3 heterocycles. The molecule has 1 aromatic rings. The van der Waals surface area contributed by atoms with E-state index >= 15 is 0 Å². The molecule has 7 nitrogen and oxygen atoms in total. The van der Waals surface area contributed by atoms with Gasteiger partial charge in [-0.1, -0.05) is 12.8 Å². The third-order valence-corrected chi connectivity index (χ3v) is 6.61. The Bertz CT molecular complexity index is 676. The van der Waals surface area contributed by atoms with Gasteiger partial charge in [0.25, 0.3) is 0 Å². The Kier molecular flexibility index (Phi) is 5.21. The summed E-state index contributed by atoms with van der Waals surface area (Å²) in [6.07, 6.45) is 9.08. The standard InChI is InChI=1S/C20H32N6O/c1-3-26(16-6-4-5-7-16)17-8-11-21-18(22-17)23-19(27)25-13-10-20(15-25)9-12-24(2)14-20/h8,11,16H,3-7,9-10,12-15H2,1-2H3,(H,21,22,23,27). The monoisotopic (exact) mass is 372 g/mol. The van der Waals surface area contributed by atoms with Gasteiger partial charge in [0, 0.05) is 43.8 Å². The SMILES string of the molecule is CCN(c1ccnc(NC(=O)N2CCC3(CCN(C)C3)C2)n1)C1CCCC1. The molecule has 0 radical (unpaired) electrons. The molecule has 2 amide bonds. The van der Waals surface area contributed by atoms with Crippen LogP contribution in [0.3, 0.4) is 0 Å². The topological polar surface area (TPSA) is 64.6 Å². The van der Waals surface area contributed by atoms with E-state index in [1.165, 1.54) is 32.1 Å². The smallest absolute Gasteiger partial charge is 0.324 e. The highest BCUT2D eigenvalue weighted by Crippen LogP contribution is 2.39. The average Bonchev–Trinajstić information content (AvgIpc) is 3.39. The molecule has 1 N–H and O–H groups in total. The zero-order valence-corrected chi connectivity index (χ0v) is 16.7. The molecule has 1 spiro atoms. The van der Waals surface area contributed by atoms with Crippen molar-refractivity contribution in [2.24, 2.45) is 5.41 Å². The van der Waals surface area contributed by atoms with Crippen molar-refractivity contribution >= 4 is 17.8 Å². The second-order valence-electron chi connectivity index (χ2n) is 8.55. The van der Waals surface area contributed by atoms with Gasteiger partial charge >= 0.3 is 6.03 Å². The summed E-state index contributed by atoms with van der Waals surface area (Å²) in [4.78, 5) is 28.3. The lowest BCUT2D eigenvalue weighted by Crippen LogP contribution is -2.37. The van der Waals surface area contributed by atoms with Gasteiger partial charge in [-0.3, -0.25) is 5.32 Å². The van der Waals surface area contributed by atoms with Crippen LogP contribution in [-0.2, 0) is 0 Å². The van der Waals surface area contributed by atoms with E-state index in [9.17, 15) is 4.79 Å². The number of aromatic nitrogens is 2. The van der Waals surface area contributed by atoms with Crippen molar-refractivity contribution in [2.75, 3.05) is 50.0 Å². The molecule has 1 unspecified atom stereocenters. The molecule has 3 fully saturated rings. The maximum absolute atomic E-state index is 12.8. The first-order valence-corrected chi connectivity index (χ1v) is 10.4. The largest absolute Gasteiger partial charge is 0.354 e. The van der Waals surface area contributed by atoms with Gasteiger partial charge in [0.05, 0.1) is 0 Å². The average molecular weight is 373 g/mol. The summed E-state index contributed by atoms with van der Waals surface area (Å²) in [5.41, 5.74) is 0.288. The quantitative estimate of drug-likeness (QED) is 0.880.